The smallest absolute Gasteiger partial charge is 0.251 e. The van der Waals surface area contributed by atoms with Crippen LogP contribution in [0.5, 0.6) is 0 Å². The highest BCUT2D eigenvalue weighted by molar-refractivity contribution is 6.30. The van der Waals surface area contributed by atoms with Crippen molar-refractivity contribution in [3.8, 4) is 0 Å². The number of rotatable bonds is 6. The largest absolute Gasteiger partial charge is 0.369 e. The van der Waals surface area contributed by atoms with Crippen molar-refractivity contribution in [3.63, 3.8) is 0 Å². The molecule has 0 bridgehead atoms. The quantitative estimate of drug-likeness (QED) is 0.708. The third-order valence-electron chi connectivity index (χ3n) is 5.60. The van der Waals surface area contributed by atoms with Gasteiger partial charge in [0, 0.05) is 17.1 Å². The normalized spacial score (nSPS) is 18.8. The van der Waals surface area contributed by atoms with E-state index in [9.17, 15) is 14.0 Å². The first kappa shape index (κ1) is 22.7. The molecular weight excluding hydrogens is 419 g/mol. The van der Waals surface area contributed by atoms with E-state index in [1.807, 2.05) is 26.8 Å². The number of aliphatic imine (C=N–C) groups is 1. The number of hydrogen-bond acceptors (Lipinski definition) is 4. The van der Waals surface area contributed by atoms with E-state index in [2.05, 4.69) is 10.3 Å². The van der Waals surface area contributed by atoms with Gasteiger partial charge < -0.3 is 11.1 Å². The molecule has 0 aliphatic carbocycles. The van der Waals surface area contributed by atoms with Crippen molar-refractivity contribution >= 4 is 29.4 Å². The molecule has 0 saturated carbocycles. The van der Waals surface area contributed by atoms with Crippen molar-refractivity contribution < 1.29 is 14.0 Å². The molecule has 1 atom stereocenters. The van der Waals surface area contributed by atoms with E-state index >= 15 is 0 Å². The molecule has 0 saturated heterocycles. The molecule has 8 heteroatoms. The maximum absolute atomic E-state index is 14.2. The molecule has 0 aromatic heterocycles. The molecule has 6 nitrogen and oxygen atoms in total. The van der Waals surface area contributed by atoms with Gasteiger partial charge in [0.15, 0.2) is 5.96 Å². The van der Waals surface area contributed by atoms with E-state index in [1.54, 1.807) is 24.3 Å². The summed E-state index contributed by atoms with van der Waals surface area (Å²) in [6, 6.07) is 11.1. The summed E-state index contributed by atoms with van der Waals surface area (Å²) in [5.41, 5.74) is 6.93. The average Bonchev–Trinajstić information content (AvgIpc) is 2.68. The molecule has 31 heavy (non-hydrogen) atoms. The molecular formula is C23H26ClFN4O2. The molecule has 0 radical (unpaired) electrons. The summed E-state index contributed by atoms with van der Waals surface area (Å²) in [4.78, 5) is 31.1. The van der Waals surface area contributed by atoms with Crippen molar-refractivity contribution in [2.24, 2.45) is 16.6 Å². The fourth-order valence-corrected chi connectivity index (χ4v) is 3.59. The van der Waals surface area contributed by atoms with E-state index < -0.39 is 17.3 Å². The summed E-state index contributed by atoms with van der Waals surface area (Å²) in [6.07, 6.45) is 0.216. The highest BCUT2D eigenvalue weighted by Gasteiger charge is 2.38. The minimum Gasteiger partial charge on any atom is -0.369 e. The Kier molecular flexibility index (Phi) is 6.65. The Morgan fingerprint density at radius 2 is 2.03 bits per heavy atom. The van der Waals surface area contributed by atoms with E-state index in [0.29, 0.717) is 10.6 Å². The summed E-state index contributed by atoms with van der Waals surface area (Å²) in [6.45, 7) is 6.16. The van der Waals surface area contributed by atoms with Gasteiger partial charge in [-0.25, -0.2) is 9.38 Å². The Morgan fingerprint density at radius 1 is 1.29 bits per heavy atom. The van der Waals surface area contributed by atoms with Crippen LogP contribution in [0.2, 0.25) is 5.02 Å². The van der Waals surface area contributed by atoms with Gasteiger partial charge in [-0.1, -0.05) is 37.6 Å². The topological polar surface area (TPSA) is 87.8 Å². The number of nitrogens with one attached hydrogen (secondary N) is 1. The van der Waals surface area contributed by atoms with Gasteiger partial charge in [-0.3, -0.25) is 14.5 Å². The lowest BCUT2D eigenvalue weighted by atomic mass is 9.84. The van der Waals surface area contributed by atoms with Crippen molar-refractivity contribution in [2.75, 3.05) is 0 Å². The van der Waals surface area contributed by atoms with E-state index in [0.717, 1.165) is 11.6 Å². The summed E-state index contributed by atoms with van der Waals surface area (Å²) < 4.78 is 14.2. The Morgan fingerprint density at radius 3 is 2.68 bits per heavy atom. The van der Waals surface area contributed by atoms with Gasteiger partial charge in [-0.05, 0) is 54.3 Å². The number of hydrogen-bond donors (Lipinski definition) is 2. The second kappa shape index (κ2) is 9.06. The first-order chi connectivity index (χ1) is 14.6. The average molecular weight is 445 g/mol. The first-order valence-electron chi connectivity index (χ1n) is 10.1. The Bertz CT molecular complexity index is 1040. The second-order valence-corrected chi connectivity index (χ2v) is 8.74. The van der Waals surface area contributed by atoms with E-state index in [-0.39, 0.29) is 42.9 Å². The van der Waals surface area contributed by atoms with Gasteiger partial charge in [-0.2, -0.15) is 0 Å². The molecule has 3 N–H and O–H groups in total. The molecule has 2 amide bonds. The fraction of sp³-hybridized carbons (Fsp3) is 0.348. The number of nitrogens with zero attached hydrogens (tertiary/aromatic N) is 2. The van der Waals surface area contributed by atoms with E-state index in [4.69, 9.17) is 17.3 Å². The van der Waals surface area contributed by atoms with Crippen LogP contribution >= 0.6 is 11.6 Å². The molecule has 164 valence electrons. The van der Waals surface area contributed by atoms with Gasteiger partial charge in [0.1, 0.15) is 5.82 Å². The Balaban J connectivity index is 1.75. The van der Waals surface area contributed by atoms with E-state index in [1.165, 1.54) is 11.0 Å². The van der Waals surface area contributed by atoms with Gasteiger partial charge in [0.05, 0.1) is 18.5 Å². The predicted octanol–water partition coefficient (Wildman–Crippen LogP) is 3.87. The lowest BCUT2D eigenvalue weighted by Gasteiger charge is -2.37. The van der Waals surface area contributed by atoms with Crippen LogP contribution in [0, 0.1) is 11.7 Å². The van der Waals surface area contributed by atoms with Crippen LogP contribution in [0.1, 0.15) is 48.7 Å². The number of amides is 2. The van der Waals surface area contributed by atoms with Crippen LogP contribution in [0.4, 0.5) is 4.39 Å². The molecule has 2 aromatic rings. The molecule has 1 unspecified atom stereocenters. The predicted molar refractivity (Wildman–Crippen MR) is 119 cm³/mol. The number of carbonyl (C=O) groups is 2. The third kappa shape index (κ3) is 5.41. The number of nitrogens with two attached hydrogens (primary N) is 1. The van der Waals surface area contributed by atoms with Crippen LogP contribution in [0.3, 0.4) is 0 Å². The Labute approximate surface area is 186 Å². The lowest BCUT2D eigenvalue weighted by Crippen LogP contribution is -2.51. The van der Waals surface area contributed by atoms with Gasteiger partial charge in [-0.15, -0.1) is 0 Å². The molecule has 1 heterocycles. The zero-order valence-electron chi connectivity index (χ0n) is 17.8. The number of benzene rings is 2. The number of guanidine groups is 1. The second-order valence-electron chi connectivity index (χ2n) is 8.30. The Hall–Kier alpha value is -2.93. The van der Waals surface area contributed by atoms with Gasteiger partial charge >= 0.3 is 0 Å². The zero-order valence-corrected chi connectivity index (χ0v) is 18.5. The van der Waals surface area contributed by atoms with Crippen LogP contribution in [0.15, 0.2) is 47.5 Å². The summed E-state index contributed by atoms with van der Waals surface area (Å²) in [5.74, 6) is -0.943. The minimum atomic E-state index is -0.572. The van der Waals surface area contributed by atoms with Crippen molar-refractivity contribution in [1.82, 2.24) is 10.2 Å². The number of halogens is 2. The minimum absolute atomic E-state index is 0.0364. The molecule has 1 aliphatic heterocycles. The molecule has 3 rings (SSSR count). The van der Waals surface area contributed by atoms with Gasteiger partial charge in [0.25, 0.3) is 5.91 Å². The SMILES string of the molecule is CC(C)C1(C)CC(=O)N(Cc2cc(F)cc(C(=O)NCc3cccc(Cl)c3)c2)C(N)=N1. The molecule has 0 fully saturated rings. The molecule has 0 spiro atoms. The van der Waals surface area contributed by atoms with Crippen LogP contribution < -0.4 is 11.1 Å². The van der Waals surface area contributed by atoms with Crippen molar-refractivity contribution in [2.45, 2.75) is 45.8 Å². The maximum atomic E-state index is 14.2. The summed E-state index contributed by atoms with van der Waals surface area (Å²) >= 11 is 5.96. The zero-order chi connectivity index (χ0) is 22.8. The highest BCUT2D eigenvalue weighted by atomic mass is 35.5. The molecule has 2 aromatic carbocycles. The maximum Gasteiger partial charge on any atom is 0.251 e. The van der Waals surface area contributed by atoms with Crippen molar-refractivity contribution in [3.05, 3.63) is 70.0 Å². The van der Waals surface area contributed by atoms with Crippen molar-refractivity contribution in [1.29, 1.82) is 0 Å². The summed E-state index contributed by atoms with van der Waals surface area (Å²) in [5, 5.41) is 3.32. The monoisotopic (exact) mass is 444 g/mol. The standard InChI is InChI=1S/C23H26ClFN4O2/c1-14(2)23(3)11-20(30)29(22(26)28-23)13-16-7-17(10-19(25)9-16)21(31)27-12-15-5-4-6-18(24)8-15/h4-10,14H,11-13H2,1-3H3,(H2,26,28)(H,27,31). The lowest BCUT2D eigenvalue weighted by molar-refractivity contribution is -0.130. The van der Waals surface area contributed by atoms with Gasteiger partial charge in [0.2, 0.25) is 5.91 Å². The molecule has 1 aliphatic rings. The fourth-order valence-electron chi connectivity index (χ4n) is 3.38. The highest BCUT2D eigenvalue weighted by Crippen LogP contribution is 2.30. The third-order valence-corrected chi connectivity index (χ3v) is 5.84. The number of carbonyl (C=O) groups excluding carboxylic acids is 2. The summed E-state index contributed by atoms with van der Waals surface area (Å²) in [7, 11) is 0. The first-order valence-corrected chi connectivity index (χ1v) is 10.4. The van der Waals surface area contributed by atoms with Crippen LogP contribution in [0.25, 0.3) is 0 Å². The van der Waals surface area contributed by atoms with Crippen LogP contribution in [-0.2, 0) is 17.9 Å². The van der Waals surface area contributed by atoms with Crippen LogP contribution in [-0.4, -0.2) is 28.2 Å².